The average molecular weight is 545 g/mol. The summed E-state index contributed by atoms with van der Waals surface area (Å²) >= 11 is 0. The van der Waals surface area contributed by atoms with Crippen LogP contribution in [0.3, 0.4) is 0 Å². The van der Waals surface area contributed by atoms with Crippen molar-refractivity contribution in [2.24, 2.45) is 0 Å². The van der Waals surface area contributed by atoms with Gasteiger partial charge in [0.05, 0.1) is 64.3 Å². The maximum absolute atomic E-state index is 6.28. The quantitative estimate of drug-likeness (QED) is 0.119. The maximum Gasteiger partial charge on any atom is 0.115 e. The molecule has 0 heterocycles. The van der Waals surface area contributed by atoms with Crippen molar-refractivity contribution in [2.75, 3.05) is 73.2 Å². The molecule has 0 aromatic heterocycles. The summed E-state index contributed by atoms with van der Waals surface area (Å²) in [5, 5.41) is 0. The van der Waals surface area contributed by atoms with E-state index < -0.39 is 36.6 Å². The monoisotopic (exact) mass is 544 g/mol. The van der Waals surface area contributed by atoms with Gasteiger partial charge in [-0.3, -0.25) is 0 Å². The molecule has 1 rings (SSSR count). The summed E-state index contributed by atoms with van der Waals surface area (Å²) in [4.78, 5) is 0. The fraction of sp³-hybridized carbons (Fsp3) is 0.630. The lowest BCUT2D eigenvalue weighted by Gasteiger charge is -2.49. The van der Waals surface area contributed by atoms with Gasteiger partial charge >= 0.3 is 0 Å². The SMILES string of the molecule is C=COCCOC1C(OC)C(OCCOC=C)C(OCCOC=C)C(OCCOC=C)C1OCCOC=C. The van der Waals surface area contributed by atoms with Crippen LogP contribution in [0.4, 0.5) is 0 Å². The maximum atomic E-state index is 6.28. The van der Waals surface area contributed by atoms with Crippen LogP contribution in [0, 0.1) is 0 Å². The smallest absolute Gasteiger partial charge is 0.115 e. The molecule has 0 aromatic rings. The Balaban J connectivity index is 3.31. The standard InChI is InChI=1S/C27H44O11/c1-7-29-12-17-34-23-22(28-6)24(35-18-13-30-8-2)26(37-20-15-32-10-4)27(38-21-16-33-11-5)25(23)36-19-14-31-9-3/h7-11,22-27H,1-5,12-21H2,6H3. The van der Waals surface area contributed by atoms with Crippen LogP contribution in [0.5, 0.6) is 0 Å². The molecule has 4 atom stereocenters. The summed E-state index contributed by atoms with van der Waals surface area (Å²) in [5.41, 5.74) is 0. The normalized spacial score (nSPS) is 24.6. The minimum atomic E-state index is -0.641. The van der Waals surface area contributed by atoms with Crippen molar-refractivity contribution in [1.82, 2.24) is 0 Å². The Morgan fingerprint density at radius 3 is 0.763 bits per heavy atom. The second-order valence-electron chi connectivity index (χ2n) is 7.56. The third kappa shape index (κ3) is 12.3. The summed E-state index contributed by atoms with van der Waals surface area (Å²) in [6, 6.07) is 0. The third-order valence-corrected chi connectivity index (χ3v) is 5.36. The Kier molecular flexibility index (Phi) is 19.8. The van der Waals surface area contributed by atoms with Gasteiger partial charge in [-0.05, 0) is 0 Å². The van der Waals surface area contributed by atoms with E-state index in [1.165, 1.54) is 31.3 Å². The molecule has 1 fully saturated rings. The van der Waals surface area contributed by atoms with Crippen LogP contribution in [-0.4, -0.2) is 110 Å². The van der Waals surface area contributed by atoms with Gasteiger partial charge in [0.25, 0.3) is 0 Å². The van der Waals surface area contributed by atoms with E-state index in [2.05, 4.69) is 32.9 Å². The molecule has 0 bridgehead atoms. The molecule has 0 spiro atoms. The van der Waals surface area contributed by atoms with Gasteiger partial charge in [-0.15, -0.1) is 0 Å². The Hall–Kier alpha value is -2.54. The summed E-state index contributed by atoms with van der Waals surface area (Å²) in [5.74, 6) is 0. The van der Waals surface area contributed by atoms with Crippen LogP contribution in [-0.2, 0) is 52.1 Å². The molecule has 1 aliphatic carbocycles. The first-order chi connectivity index (χ1) is 18.7. The van der Waals surface area contributed by atoms with E-state index >= 15 is 0 Å². The second-order valence-corrected chi connectivity index (χ2v) is 7.56. The number of hydrogen-bond donors (Lipinski definition) is 0. The van der Waals surface area contributed by atoms with E-state index in [1.807, 2.05) is 0 Å². The van der Waals surface area contributed by atoms with E-state index in [-0.39, 0.29) is 52.9 Å². The molecule has 1 saturated carbocycles. The molecule has 0 saturated heterocycles. The number of methoxy groups -OCH3 is 1. The minimum Gasteiger partial charge on any atom is -0.499 e. The zero-order valence-corrected chi connectivity index (χ0v) is 22.4. The Morgan fingerprint density at radius 1 is 0.368 bits per heavy atom. The van der Waals surface area contributed by atoms with Gasteiger partial charge in [0.1, 0.15) is 69.7 Å². The van der Waals surface area contributed by atoms with Crippen molar-refractivity contribution in [3.8, 4) is 0 Å². The van der Waals surface area contributed by atoms with Crippen LogP contribution < -0.4 is 0 Å². The zero-order chi connectivity index (χ0) is 27.8. The fourth-order valence-corrected chi connectivity index (χ4v) is 3.92. The van der Waals surface area contributed by atoms with Crippen LogP contribution in [0.2, 0.25) is 0 Å². The van der Waals surface area contributed by atoms with Crippen molar-refractivity contribution in [1.29, 1.82) is 0 Å². The van der Waals surface area contributed by atoms with Crippen molar-refractivity contribution < 1.29 is 52.1 Å². The summed E-state index contributed by atoms with van der Waals surface area (Å²) in [7, 11) is 1.58. The number of ether oxygens (including phenoxy) is 11. The Labute approximate surface area is 226 Å². The summed E-state index contributed by atoms with van der Waals surface area (Å²) < 4.78 is 63.4. The number of hydrogen-bond acceptors (Lipinski definition) is 11. The topological polar surface area (TPSA) is 102 Å². The highest BCUT2D eigenvalue weighted by Crippen LogP contribution is 2.33. The molecule has 218 valence electrons. The fourth-order valence-electron chi connectivity index (χ4n) is 3.92. The number of rotatable bonds is 26. The van der Waals surface area contributed by atoms with Crippen LogP contribution in [0.25, 0.3) is 0 Å². The average Bonchev–Trinajstić information content (AvgIpc) is 2.93. The minimum absolute atomic E-state index is 0.235. The lowest BCUT2D eigenvalue weighted by molar-refractivity contribution is -0.281. The second kappa shape index (κ2) is 22.4. The van der Waals surface area contributed by atoms with Crippen molar-refractivity contribution in [3.05, 3.63) is 64.2 Å². The largest absolute Gasteiger partial charge is 0.499 e. The highest BCUT2D eigenvalue weighted by Gasteiger charge is 2.54. The molecule has 38 heavy (non-hydrogen) atoms. The van der Waals surface area contributed by atoms with E-state index in [1.54, 1.807) is 7.11 Å². The Morgan fingerprint density at radius 2 is 0.579 bits per heavy atom. The molecule has 0 aliphatic heterocycles. The predicted octanol–water partition coefficient (Wildman–Crippen LogP) is 2.74. The lowest BCUT2D eigenvalue weighted by atomic mass is 9.83. The summed E-state index contributed by atoms with van der Waals surface area (Å²) in [6.45, 7) is 20.5. The highest BCUT2D eigenvalue weighted by atomic mass is 16.6. The molecule has 4 unspecified atom stereocenters. The molecule has 0 radical (unpaired) electrons. The molecule has 11 nitrogen and oxygen atoms in total. The Bertz CT molecular complexity index is 601. The molecular formula is C27H44O11. The molecule has 1 aliphatic rings. The van der Waals surface area contributed by atoms with E-state index in [0.29, 0.717) is 13.2 Å². The first kappa shape index (κ1) is 33.5. The van der Waals surface area contributed by atoms with Crippen LogP contribution in [0.1, 0.15) is 0 Å². The zero-order valence-electron chi connectivity index (χ0n) is 22.4. The van der Waals surface area contributed by atoms with Crippen LogP contribution in [0.15, 0.2) is 64.2 Å². The van der Waals surface area contributed by atoms with Gasteiger partial charge in [-0.2, -0.15) is 0 Å². The van der Waals surface area contributed by atoms with Gasteiger partial charge in [0, 0.05) is 7.11 Å². The van der Waals surface area contributed by atoms with Crippen LogP contribution >= 0.6 is 0 Å². The predicted molar refractivity (Wildman–Crippen MR) is 140 cm³/mol. The van der Waals surface area contributed by atoms with Gasteiger partial charge in [-0.1, -0.05) is 32.9 Å². The van der Waals surface area contributed by atoms with Crippen molar-refractivity contribution in [2.45, 2.75) is 36.6 Å². The first-order valence-electron chi connectivity index (χ1n) is 12.4. The molecule has 0 amide bonds. The molecule has 0 aromatic carbocycles. The van der Waals surface area contributed by atoms with Crippen molar-refractivity contribution >= 4 is 0 Å². The van der Waals surface area contributed by atoms with Gasteiger partial charge in [-0.25, -0.2) is 0 Å². The third-order valence-electron chi connectivity index (χ3n) is 5.36. The lowest BCUT2D eigenvalue weighted by Crippen LogP contribution is -2.68. The van der Waals surface area contributed by atoms with Gasteiger partial charge in [0.15, 0.2) is 0 Å². The van der Waals surface area contributed by atoms with Crippen molar-refractivity contribution in [3.63, 3.8) is 0 Å². The molecule has 11 heteroatoms. The summed E-state index contributed by atoms with van der Waals surface area (Å²) in [6.07, 6.45) is 3.04. The first-order valence-corrected chi connectivity index (χ1v) is 12.4. The van der Waals surface area contributed by atoms with Gasteiger partial charge < -0.3 is 52.1 Å². The molecule has 0 N–H and O–H groups in total. The molecular weight excluding hydrogens is 500 g/mol. The van der Waals surface area contributed by atoms with Gasteiger partial charge in [0.2, 0.25) is 0 Å². The highest BCUT2D eigenvalue weighted by molar-refractivity contribution is 5.04. The van der Waals surface area contributed by atoms with E-state index in [0.717, 1.165) is 0 Å². The van der Waals surface area contributed by atoms with E-state index in [4.69, 9.17) is 52.1 Å². The van der Waals surface area contributed by atoms with E-state index in [9.17, 15) is 0 Å².